The largest absolute Gasteiger partial charge is 0.481 e. The average Bonchev–Trinajstić information content (AvgIpc) is 2.64. The SMILES string of the molecule is NC(=O)[C@@H](CCC(=O)O)N1C(=O)c2cccc(N)c2C1=O. The average molecular weight is 291 g/mol. The van der Waals surface area contributed by atoms with Crippen LogP contribution in [0.1, 0.15) is 33.6 Å². The van der Waals surface area contributed by atoms with Crippen molar-refractivity contribution in [3.8, 4) is 0 Å². The summed E-state index contributed by atoms with van der Waals surface area (Å²) in [5, 5.41) is 8.68. The summed E-state index contributed by atoms with van der Waals surface area (Å²) in [5.74, 6) is -3.53. The first-order chi connectivity index (χ1) is 9.84. The van der Waals surface area contributed by atoms with Crippen molar-refractivity contribution >= 4 is 29.4 Å². The zero-order valence-electron chi connectivity index (χ0n) is 10.9. The molecule has 2 rings (SSSR count). The predicted molar refractivity (Wildman–Crippen MR) is 71.2 cm³/mol. The number of benzene rings is 1. The summed E-state index contributed by atoms with van der Waals surface area (Å²) in [6.07, 6.45) is -0.632. The molecule has 1 aliphatic rings. The van der Waals surface area contributed by atoms with Gasteiger partial charge in [0.1, 0.15) is 6.04 Å². The van der Waals surface area contributed by atoms with Crippen molar-refractivity contribution in [2.75, 3.05) is 5.73 Å². The molecular formula is C13H13N3O5. The van der Waals surface area contributed by atoms with Crippen molar-refractivity contribution in [1.29, 1.82) is 0 Å². The first-order valence-electron chi connectivity index (χ1n) is 6.12. The number of imide groups is 1. The molecule has 8 nitrogen and oxygen atoms in total. The maximum Gasteiger partial charge on any atom is 0.303 e. The fourth-order valence-electron chi connectivity index (χ4n) is 2.27. The number of carbonyl (C=O) groups excluding carboxylic acids is 3. The first kappa shape index (κ1) is 14.5. The van der Waals surface area contributed by atoms with Crippen LogP contribution in [0.15, 0.2) is 18.2 Å². The third kappa shape index (κ3) is 2.42. The minimum Gasteiger partial charge on any atom is -0.481 e. The Labute approximate surface area is 119 Å². The molecule has 21 heavy (non-hydrogen) atoms. The molecule has 0 aromatic heterocycles. The van der Waals surface area contributed by atoms with Crippen LogP contribution in [0.3, 0.4) is 0 Å². The molecule has 1 heterocycles. The third-order valence-corrected chi connectivity index (χ3v) is 3.25. The molecule has 1 atom stereocenters. The highest BCUT2D eigenvalue weighted by atomic mass is 16.4. The van der Waals surface area contributed by atoms with Crippen LogP contribution in [0.4, 0.5) is 5.69 Å². The Kier molecular flexibility index (Phi) is 3.62. The van der Waals surface area contributed by atoms with Crippen LogP contribution in [0, 0.1) is 0 Å². The summed E-state index contributed by atoms with van der Waals surface area (Å²) in [6, 6.07) is 3.08. The molecule has 5 N–H and O–H groups in total. The van der Waals surface area contributed by atoms with Crippen molar-refractivity contribution in [3.63, 3.8) is 0 Å². The lowest BCUT2D eigenvalue weighted by Crippen LogP contribution is -2.48. The zero-order valence-corrected chi connectivity index (χ0v) is 10.9. The molecule has 0 saturated heterocycles. The number of nitrogen functional groups attached to an aromatic ring is 1. The van der Waals surface area contributed by atoms with Gasteiger partial charge in [0, 0.05) is 12.1 Å². The van der Waals surface area contributed by atoms with Crippen molar-refractivity contribution in [2.45, 2.75) is 18.9 Å². The van der Waals surface area contributed by atoms with Gasteiger partial charge in [-0.2, -0.15) is 0 Å². The Morgan fingerprint density at radius 1 is 1.24 bits per heavy atom. The van der Waals surface area contributed by atoms with E-state index in [2.05, 4.69) is 0 Å². The summed E-state index contributed by atoms with van der Waals surface area (Å²) < 4.78 is 0. The Bertz CT molecular complexity index is 655. The molecule has 0 radical (unpaired) electrons. The highest BCUT2D eigenvalue weighted by molar-refractivity contribution is 6.24. The number of primary amides is 1. The minimum absolute atomic E-state index is 0.0177. The quantitative estimate of drug-likeness (QED) is 0.496. The van der Waals surface area contributed by atoms with E-state index >= 15 is 0 Å². The van der Waals surface area contributed by atoms with Gasteiger partial charge in [0.05, 0.1) is 11.1 Å². The monoisotopic (exact) mass is 291 g/mol. The van der Waals surface area contributed by atoms with Gasteiger partial charge in [-0.15, -0.1) is 0 Å². The van der Waals surface area contributed by atoms with Gasteiger partial charge in [-0.1, -0.05) is 6.07 Å². The Morgan fingerprint density at radius 3 is 2.43 bits per heavy atom. The van der Waals surface area contributed by atoms with E-state index in [1.165, 1.54) is 18.2 Å². The van der Waals surface area contributed by atoms with E-state index in [0.29, 0.717) is 4.90 Å². The van der Waals surface area contributed by atoms with E-state index in [1.807, 2.05) is 0 Å². The maximum atomic E-state index is 12.3. The summed E-state index contributed by atoms with van der Waals surface area (Å²) >= 11 is 0. The van der Waals surface area contributed by atoms with E-state index < -0.39 is 36.2 Å². The molecule has 0 saturated carbocycles. The third-order valence-electron chi connectivity index (χ3n) is 3.25. The summed E-state index contributed by atoms with van der Waals surface area (Å²) in [6.45, 7) is 0. The number of rotatable bonds is 5. The lowest BCUT2D eigenvalue weighted by Gasteiger charge is -2.22. The van der Waals surface area contributed by atoms with Crippen LogP contribution in [-0.2, 0) is 9.59 Å². The van der Waals surface area contributed by atoms with Gasteiger partial charge in [-0.25, -0.2) is 0 Å². The lowest BCUT2D eigenvalue weighted by molar-refractivity contribution is -0.137. The Morgan fingerprint density at radius 2 is 1.90 bits per heavy atom. The van der Waals surface area contributed by atoms with Gasteiger partial charge in [0.15, 0.2) is 0 Å². The molecular weight excluding hydrogens is 278 g/mol. The number of carboxylic acid groups (broad SMARTS) is 1. The number of nitrogens with two attached hydrogens (primary N) is 2. The number of aliphatic carboxylic acids is 1. The molecule has 3 amide bonds. The number of hydrogen-bond donors (Lipinski definition) is 3. The van der Waals surface area contributed by atoms with Gasteiger partial charge in [-0.3, -0.25) is 24.1 Å². The topological polar surface area (TPSA) is 144 Å². The normalized spacial score (nSPS) is 15.0. The highest BCUT2D eigenvalue weighted by Crippen LogP contribution is 2.29. The predicted octanol–water partition coefficient (Wildman–Crippen LogP) is -0.416. The molecule has 110 valence electrons. The zero-order chi connectivity index (χ0) is 15.7. The Hall–Kier alpha value is -2.90. The highest BCUT2D eigenvalue weighted by Gasteiger charge is 2.43. The fourth-order valence-corrected chi connectivity index (χ4v) is 2.27. The summed E-state index contributed by atoms with van der Waals surface area (Å²) in [7, 11) is 0. The van der Waals surface area contributed by atoms with Gasteiger partial charge in [0.25, 0.3) is 11.8 Å². The fraction of sp³-hybridized carbons (Fsp3) is 0.231. The van der Waals surface area contributed by atoms with Crippen LogP contribution in [0.25, 0.3) is 0 Å². The molecule has 1 aromatic rings. The van der Waals surface area contributed by atoms with Crippen LogP contribution < -0.4 is 11.5 Å². The number of carbonyl (C=O) groups is 4. The molecule has 0 spiro atoms. The van der Waals surface area contributed by atoms with Crippen molar-refractivity contribution in [2.24, 2.45) is 5.73 Å². The van der Waals surface area contributed by atoms with Crippen LogP contribution >= 0.6 is 0 Å². The number of nitrogens with zero attached hydrogens (tertiary/aromatic N) is 1. The van der Waals surface area contributed by atoms with Crippen molar-refractivity contribution in [3.05, 3.63) is 29.3 Å². The molecule has 0 bridgehead atoms. The number of amides is 3. The van der Waals surface area contributed by atoms with Gasteiger partial charge in [-0.05, 0) is 18.6 Å². The summed E-state index contributed by atoms with van der Waals surface area (Å²) in [5.41, 5.74) is 11.1. The van der Waals surface area contributed by atoms with Crippen LogP contribution in [0.2, 0.25) is 0 Å². The van der Waals surface area contributed by atoms with Crippen LogP contribution in [-0.4, -0.2) is 39.7 Å². The van der Waals surface area contributed by atoms with Crippen LogP contribution in [0.5, 0.6) is 0 Å². The molecule has 1 aliphatic heterocycles. The molecule has 0 unspecified atom stereocenters. The number of carboxylic acids is 1. The van der Waals surface area contributed by atoms with Crippen molar-refractivity contribution in [1.82, 2.24) is 4.90 Å². The second-order valence-electron chi connectivity index (χ2n) is 4.60. The van der Waals surface area contributed by atoms with Gasteiger partial charge < -0.3 is 16.6 Å². The molecule has 0 aliphatic carbocycles. The standard InChI is InChI=1S/C13H13N3O5/c14-7-3-1-2-6-10(7)13(21)16(12(6)20)8(11(15)19)4-5-9(17)18/h1-3,8H,4-5,14H2,(H2,15,19)(H,17,18)/t8-/m1/s1. The number of fused-ring (bicyclic) bond motifs is 1. The molecule has 0 fully saturated rings. The second kappa shape index (κ2) is 5.23. The molecule has 1 aromatic carbocycles. The molecule has 8 heteroatoms. The smallest absolute Gasteiger partial charge is 0.303 e. The summed E-state index contributed by atoms with van der Waals surface area (Å²) in [4.78, 5) is 47.3. The number of anilines is 1. The van der Waals surface area contributed by atoms with E-state index in [4.69, 9.17) is 16.6 Å². The van der Waals surface area contributed by atoms with Gasteiger partial charge >= 0.3 is 5.97 Å². The first-order valence-corrected chi connectivity index (χ1v) is 6.12. The minimum atomic E-state index is -1.31. The van der Waals surface area contributed by atoms with E-state index in [1.54, 1.807) is 0 Å². The van der Waals surface area contributed by atoms with Gasteiger partial charge in [0.2, 0.25) is 5.91 Å². The Balaban J connectivity index is 2.38. The van der Waals surface area contributed by atoms with E-state index in [0.717, 1.165) is 0 Å². The number of hydrogen-bond acceptors (Lipinski definition) is 5. The maximum absolute atomic E-state index is 12.3. The van der Waals surface area contributed by atoms with Crippen molar-refractivity contribution < 1.29 is 24.3 Å². The van der Waals surface area contributed by atoms with E-state index in [9.17, 15) is 19.2 Å². The lowest BCUT2D eigenvalue weighted by atomic mass is 10.1. The second-order valence-corrected chi connectivity index (χ2v) is 4.60. The van der Waals surface area contributed by atoms with E-state index in [-0.39, 0.29) is 23.2 Å².